The highest BCUT2D eigenvalue weighted by molar-refractivity contribution is 5.82. The van der Waals surface area contributed by atoms with E-state index in [0.29, 0.717) is 0 Å². The van der Waals surface area contributed by atoms with Crippen molar-refractivity contribution >= 4 is 17.8 Å². The molecule has 1 aliphatic heterocycles. The SMILES string of the molecule is CC1CCCC(C)N1C(=O)COC(=O)CCNC(=O)Cc1ccccc1. The zero-order valence-corrected chi connectivity index (χ0v) is 15.6. The fourth-order valence-electron chi connectivity index (χ4n) is 3.35. The second-order valence-corrected chi connectivity index (χ2v) is 6.85. The van der Waals surface area contributed by atoms with Gasteiger partial charge in [-0.3, -0.25) is 14.4 Å². The van der Waals surface area contributed by atoms with Gasteiger partial charge in [-0.15, -0.1) is 0 Å². The quantitative estimate of drug-likeness (QED) is 0.755. The first-order valence-corrected chi connectivity index (χ1v) is 9.24. The highest BCUT2D eigenvalue weighted by atomic mass is 16.5. The van der Waals surface area contributed by atoms with Crippen LogP contribution in [0.15, 0.2) is 30.3 Å². The summed E-state index contributed by atoms with van der Waals surface area (Å²) in [7, 11) is 0. The number of likely N-dealkylation sites (tertiary alicyclic amines) is 1. The third kappa shape index (κ3) is 6.17. The molecule has 26 heavy (non-hydrogen) atoms. The van der Waals surface area contributed by atoms with Crippen LogP contribution in [0.2, 0.25) is 0 Å². The molecule has 1 aromatic carbocycles. The third-order valence-electron chi connectivity index (χ3n) is 4.70. The van der Waals surface area contributed by atoms with E-state index in [9.17, 15) is 14.4 Å². The van der Waals surface area contributed by atoms with Gasteiger partial charge in [-0.05, 0) is 38.7 Å². The maximum absolute atomic E-state index is 12.3. The van der Waals surface area contributed by atoms with Crippen LogP contribution in [0.1, 0.15) is 45.1 Å². The molecule has 1 saturated heterocycles. The van der Waals surface area contributed by atoms with Crippen LogP contribution in [-0.4, -0.2) is 47.9 Å². The largest absolute Gasteiger partial charge is 0.456 e. The van der Waals surface area contributed by atoms with Crippen LogP contribution in [-0.2, 0) is 25.5 Å². The van der Waals surface area contributed by atoms with Gasteiger partial charge in [0.15, 0.2) is 6.61 Å². The van der Waals surface area contributed by atoms with Gasteiger partial charge in [-0.2, -0.15) is 0 Å². The van der Waals surface area contributed by atoms with Gasteiger partial charge in [0.2, 0.25) is 5.91 Å². The number of rotatable bonds is 7. The van der Waals surface area contributed by atoms with Gasteiger partial charge in [-0.1, -0.05) is 30.3 Å². The summed E-state index contributed by atoms with van der Waals surface area (Å²) in [6.45, 7) is 4.02. The van der Waals surface area contributed by atoms with Crippen molar-refractivity contribution in [3.05, 3.63) is 35.9 Å². The van der Waals surface area contributed by atoms with Crippen LogP contribution in [0, 0.1) is 0 Å². The van der Waals surface area contributed by atoms with Gasteiger partial charge in [0.1, 0.15) is 0 Å². The Morgan fingerprint density at radius 1 is 1.12 bits per heavy atom. The van der Waals surface area contributed by atoms with E-state index in [1.54, 1.807) is 0 Å². The summed E-state index contributed by atoms with van der Waals surface area (Å²) in [4.78, 5) is 37.7. The second-order valence-electron chi connectivity index (χ2n) is 6.85. The molecule has 2 atom stereocenters. The molecular formula is C20H28N2O4. The zero-order chi connectivity index (χ0) is 18.9. The molecule has 0 spiro atoms. The van der Waals surface area contributed by atoms with Crippen LogP contribution in [0.5, 0.6) is 0 Å². The fraction of sp³-hybridized carbons (Fsp3) is 0.550. The van der Waals surface area contributed by atoms with Crippen molar-refractivity contribution in [2.75, 3.05) is 13.2 Å². The third-order valence-corrected chi connectivity index (χ3v) is 4.70. The average Bonchev–Trinajstić information content (AvgIpc) is 2.60. The molecule has 0 bridgehead atoms. The van der Waals surface area contributed by atoms with Gasteiger partial charge in [0.25, 0.3) is 5.91 Å². The normalized spacial score (nSPS) is 19.7. The summed E-state index contributed by atoms with van der Waals surface area (Å²) in [5.41, 5.74) is 0.919. The maximum Gasteiger partial charge on any atom is 0.308 e. The van der Waals surface area contributed by atoms with Crippen LogP contribution >= 0.6 is 0 Å². The molecule has 2 rings (SSSR count). The first kappa shape index (κ1) is 19.9. The van der Waals surface area contributed by atoms with Gasteiger partial charge >= 0.3 is 5.97 Å². The molecule has 2 amide bonds. The number of nitrogens with one attached hydrogen (secondary N) is 1. The average molecular weight is 360 g/mol. The number of carbonyl (C=O) groups is 3. The lowest BCUT2D eigenvalue weighted by Gasteiger charge is -2.38. The highest BCUT2D eigenvalue weighted by Gasteiger charge is 2.29. The predicted octanol–water partition coefficient (Wildman–Crippen LogP) is 2.07. The van der Waals surface area contributed by atoms with Crippen molar-refractivity contribution in [1.82, 2.24) is 10.2 Å². The van der Waals surface area contributed by atoms with E-state index < -0.39 is 5.97 Å². The van der Waals surface area contributed by atoms with E-state index in [2.05, 4.69) is 5.32 Å². The number of piperidine rings is 1. The van der Waals surface area contributed by atoms with E-state index in [1.807, 2.05) is 49.1 Å². The molecule has 0 radical (unpaired) electrons. The number of ether oxygens (including phenoxy) is 1. The Morgan fingerprint density at radius 3 is 2.42 bits per heavy atom. The summed E-state index contributed by atoms with van der Waals surface area (Å²) < 4.78 is 5.07. The molecule has 2 unspecified atom stereocenters. The summed E-state index contributed by atoms with van der Waals surface area (Å²) in [5, 5.41) is 2.69. The predicted molar refractivity (Wildman–Crippen MR) is 98.4 cm³/mol. The second kappa shape index (κ2) is 9.94. The lowest BCUT2D eigenvalue weighted by atomic mass is 9.97. The van der Waals surface area contributed by atoms with Crippen LogP contribution in [0.25, 0.3) is 0 Å². The minimum atomic E-state index is -0.476. The minimum absolute atomic E-state index is 0.0545. The fourth-order valence-corrected chi connectivity index (χ4v) is 3.35. The zero-order valence-electron chi connectivity index (χ0n) is 15.6. The first-order chi connectivity index (χ1) is 12.5. The Hall–Kier alpha value is -2.37. The lowest BCUT2D eigenvalue weighted by molar-refractivity contribution is -0.154. The van der Waals surface area contributed by atoms with Gasteiger partial charge < -0.3 is 15.0 Å². The Balaban J connectivity index is 1.64. The molecule has 0 aromatic heterocycles. The Labute approximate surface area is 154 Å². The summed E-state index contributed by atoms with van der Waals surface area (Å²) in [6, 6.07) is 9.76. The summed E-state index contributed by atoms with van der Waals surface area (Å²) >= 11 is 0. The number of carbonyl (C=O) groups excluding carboxylic acids is 3. The molecular weight excluding hydrogens is 332 g/mol. The minimum Gasteiger partial charge on any atom is -0.456 e. The van der Waals surface area contributed by atoms with Crippen molar-refractivity contribution in [2.45, 2.75) is 58.0 Å². The number of benzene rings is 1. The van der Waals surface area contributed by atoms with Crippen molar-refractivity contribution in [3.63, 3.8) is 0 Å². The molecule has 1 fully saturated rings. The number of nitrogens with zero attached hydrogens (tertiary/aromatic N) is 1. The molecule has 6 heteroatoms. The Bertz CT molecular complexity index is 607. The van der Waals surface area contributed by atoms with Crippen molar-refractivity contribution in [3.8, 4) is 0 Å². The molecule has 0 aliphatic carbocycles. The number of hydrogen-bond acceptors (Lipinski definition) is 4. The van der Waals surface area contributed by atoms with E-state index in [1.165, 1.54) is 0 Å². The molecule has 6 nitrogen and oxygen atoms in total. The molecule has 0 saturated carbocycles. The standard InChI is InChI=1S/C20H28N2O4/c1-15-7-6-8-16(2)22(15)19(24)14-26-20(25)11-12-21-18(23)13-17-9-4-3-5-10-17/h3-5,9-10,15-16H,6-8,11-14H2,1-2H3,(H,21,23). The molecule has 1 N–H and O–H groups in total. The Kier molecular flexibility index (Phi) is 7.63. The first-order valence-electron chi connectivity index (χ1n) is 9.24. The smallest absolute Gasteiger partial charge is 0.308 e. The van der Waals surface area contributed by atoms with Crippen molar-refractivity contribution in [2.24, 2.45) is 0 Å². The van der Waals surface area contributed by atoms with Crippen molar-refractivity contribution in [1.29, 1.82) is 0 Å². The van der Waals surface area contributed by atoms with E-state index in [4.69, 9.17) is 4.74 Å². The Morgan fingerprint density at radius 2 is 1.77 bits per heavy atom. The number of hydrogen-bond donors (Lipinski definition) is 1. The van der Waals surface area contributed by atoms with Crippen LogP contribution in [0.3, 0.4) is 0 Å². The van der Waals surface area contributed by atoms with Gasteiger partial charge in [-0.25, -0.2) is 0 Å². The van der Waals surface area contributed by atoms with Crippen LogP contribution in [0.4, 0.5) is 0 Å². The molecule has 1 heterocycles. The van der Waals surface area contributed by atoms with Crippen molar-refractivity contribution < 1.29 is 19.1 Å². The molecule has 1 aromatic rings. The topological polar surface area (TPSA) is 75.7 Å². The molecule has 142 valence electrons. The van der Waals surface area contributed by atoms with E-state index in [-0.39, 0.29) is 49.9 Å². The number of amides is 2. The number of esters is 1. The van der Waals surface area contributed by atoms with E-state index in [0.717, 1.165) is 24.8 Å². The van der Waals surface area contributed by atoms with Crippen LogP contribution < -0.4 is 5.32 Å². The summed E-state index contributed by atoms with van der Waals surface area (Å²) in [6.07, 6.45) is 3.42. The lowest BCUT2D eigenvalue weighted by Crippen LogP contribution is -2.49. The van der Waals surface area contributed by atoms with Gasteiger partial charge in [0, 0.05) is 18.6 Å². The monoisotopic (exact) mass is 360 g/mol. The highest BCUT2D eigenvalue weighted by Crippen LogP contribution is 2.22. The maximum atomic E-state index is 12.3. The van der Waals surface area contributed by atoms with E-state index >= 15 is 0 Å². The molecule has 1 aliphatic rings. The van der Waals surface area contributed by atoms with Gasteiger partial charge in [0.05, 0.1) is 12.8 Å². The summed E-state index contributed by atoms with van der Waals surface area (Å²) in [5.74, 6) is -0.766.